The molecule has 2 aromatic carbocycles. The Morgan fingerprint density at radius 2 is 1.83 bits per heavy atom. The maximum absolute atomic E-state index is 13.7. The average molecular weight is 591 g/mol. The van der Waals surface area contributed by atoms with E-state index in [1.807, 2.05) is 18.9 Å². The van der Waals surface area contributed by atoms with Crippen molar-refractivity contribution in [3.63, 3.8) is 0 Å². The van der Waals surface area contributed by atoms with E-state index in [1.54, 1.807) is 30.0 Å². The summed E-state index contributed by atoms with van der Waals surface area (Å²) in [5.74, 6) is -0.211. The van der Waals surface area contributed by atoms with E-state index in [-0.39, 0.29) is 41.8 Å². The number of hydrogen-bond acceptors (Lipinski definition) is 5. The first-order chi connectivity index (χ1) is 20.0. The van der Waals surface area contributed by atoms with Gasteiger partial charge in [0.05, 0.1) is 29.5 Å². The summed E-state index contributed by atoms with van der Waals surface area (Å²) in [6.07, 6.45) is 0.325. The molecule has 3 amide bonds. The number of aliphatic hydroxyl groups is 1. The third kappa shape index (κ3) is 7.95. The van der Waals surface area contributed by atoms with Crippen LogP contribution in [0.2, 0.25) is 0 Å². The summed E-state index contributed by atoms with van der Waals surface area (Å²) < 4.78 is 45.5. The van der Waals surface area contributed by atoms with Crippen LogP contribution in [0.15, 0.2) is 42.5 Å². The molecule has 4 rings (SSSR count). The first-order valence-corrected chi connectivity index (χ1v) is 14.6. The molecule has 0 bridgehead atoms. The number of carbonyl (C=O) groups excluding carboxylic acids is 2. The Labute approximate surface area is 245 Å². The topological polar surface area (TPSA) is 94.1 Å². The number of hydrogen-bond donors (Lipinski definition) is 3. The van der Waals surface area contributed by atoms with Crippen LogP contribution in [-0.4, -0.2) is 71.8 Å². The van der Waals surface area contributed by atoms with Crippen molar-refractivity contribution in [2.24, 2.45) is 5.92 Å². The number of alkyl halides is 3. The number of ether oxygens (including phenoxy) is 1. The number of rotatable bonds is 8. The largest absolute Gasteiger partial charge is 0.486 e. The molecule has 3 atom stereocenters. The third-order valence-corrected chi connectivity index (χ3v) is 8.11. The van der Waals surface area contributed by atoms with Gasteiger partial charge in [-0.2, -0.15) is 13.2 Å². The van der Waals surface area contributed by atoms with Crippen LogP contribution in [0.5, 0.6) is 5.75 Å². The van der Waals surface area contributed by atoms with E-state index < -0.39 is 23.9 Å². The van der Waals surface area contributed by atoms with Crippen LogP contribution < -0.4 is 15.4 Å². The lowest BCUT2D eigenvalue weighted by Gasteiger charge is -2.38. The second kappa shape index (κ2) is 13.8. The monoisotopic (exact) mass is 590 g/mol. The highest BCUT2D eigenvalue weighted by molar-refractivity contribution is 6.01. The molecular formula is C31H41F3N4O4. The lowest BCUT2D eigenvalue weighted by molar-refractivity contribution is -0.137. The fourth-order valence-corrected chi connectivity index (χ4v) is 5.63. The van der Waals surface area contributed by atoms with E-state index in [9.17, 15) is 27.9 Å². The van der Waals surface area contributed by atoms with Crippen molar-refractivity contribution in [1.82, 2.24) is 15.1 Å². The smallest absolute Gasteiger partial charge is 0.416 e. The van der Waals surface area contributed by atoms with Gasteiger partial charge in [0.2, 0.25) is 0 Å². The van der Waals surface area contributed by atoms with Gasteiger partial charge < -0.3 is 25.4 Å². The Balaban J connectivity index is 1.57. The maximum atomic E-state index is 13.7. The van der Waals surface area contributed by atoms with Crippen LogP contribution in [0.4, 0.5) is 23.7 Å². The number of nitrogens with zero attached hydrogens (tertiary/aromatic N) is 2. The summed E-state index contributed by atoms with van der Waals surface area (Å²) in [5.41, 5.74) is 0.679. The van der Waals surface area contributed by atoms with Crippen molar-refractivity contribution < 1.29 is 32.6 Å². The van der Waals surface area contributed by atoms with Crippen molar-refractivity contribution in [1.29, 1.82) is 0 Å². The average Bonchev–Trinajstić information content (AvgIpc) is 2.95. The Hall–Kier alpha value is -3.31. The summed E-state index contributed by atoms with van der Waals surface area (Å²) in [5, 5.41) is 15.8. The predicted octanol–water partition coefficient (Wildman–Crippen LogP) is 5.51. The van der Waals surface area contributed by atoms with Gasteiger partial charge in [0.15, 0.2) is 5.75 Å². The number of benzene rings is 2. The first kappa shape index (κ1) is 31.6. The maximum Gasteiger partial charge on any atom is 0.416 e. The molecule has 0 aromatic heterocycles. The molecule has 0 saturated heterocycles. The number of carbonyl (C=O) groups is 2. The number of urea groups is 1. The van der Waals surface area contributed by atoms with E-state index in [0.717, 1.165) is 49.8 Å². The highest BCUT2D eigenvalue weighted by Gasteiger charge is 2.35. The lowest BCUT2D eigenvalue weighted by atomic mass is 9.96. The SMILES string of the molecule is C[C@H]1CN([C@@H](C)CO)C(=O)c2cccc(NC(=O)NC3CCCCC3)c2O[C@@H]1CN(C)Cc1ccc(C(F)(F)F)cc1. The zero-order chi connectivity index (χ0) is 30.4. The molecule has 0 unspecified atom stereocenters. The van der Waals surface area contributed by atoms with Crippen LogP contribution in [-0.2, 0) is 12.7 Å². The van der Waals surface area contributed by atoms with E-state index in [0.29, 0.717) is 25.3 Å². The number of para-hydroxylation sites is 1. The molecule has 0 spiro atoms. The highest BCUT2D eigenvalue weighted by Crippen LogP contribution is 2.35. The molecule has 1 heterocycles. The Morgan fingerprint density at radius 3 is 2.48 bits per heavy atom. The molecule has 1 aliphatic heterocycles. The van der Waals surface area contributed by atoms with Gasteiger partial charge >= 0.3 is 12.2 Å². The molecule has 1 aliphatic carbocycles. The van der Waals surface area contributed by atoms with Crippen molar-refractivity contribution in [2.45, 2.75) is 76.9 Å². The number of fused-ring (bicyclic) bond motifs is 1. The molecule has 42 heavy (non-hydrogen) atoms. The fourth-order valence-electron chi connectivity index (χ4n) is 5.63. The first-order valence-electron chi connectivity index (χ1n) is 14.6. The highest BCUT2D eigenvalue weighted by atomic mass is 19.4. The van der Waals surface area contributed by atoms with E-state index in [4.69, 9.17) is 4.74 Å². The van der Waals surface area contributed by atoms with Crippen LogP contribution >= 0.6 is 0 Å². The second-order valence-corrected chi connectivity index (χ2v) is 11.6. The van der Waals surface area contributed by atoms with E-state index >= 15 is 0 Å². The predicted molar refractivity (Wildman–Crippen MR) is 154 cm³/mol. The van der Waals surface area contributed by atoms with Crippen molar-refractivity contribution in [2.75, 3.05) is 32.1 Å². The second-order valence-electron chi connectivity index (χ2n) is 11.6. The quantitative estimate of drug-likeness (QED) is 0.377. The number of nitrogens with one attached hydrogen (secondary N) is 2. The number of aliphatic hydroxyl groups excluding tert-OH is 1. The Bertz CT molecular complexity index is 1220. The number of anilines is 1. The molecule has 2 aromatic rings. The zero-order valence-electron chi connectivity index (χ0n) is 24.4. The molecule has 0 radical (unpaired) electrons. The van der Waals surface area contributed by atoms with E-state index in [2.05, 4.69) is 10.6 Å². The summed E-state index contributed by atoms with van der Waals surface area (Å²) in [6.45, 7) is 4.64. The number of amides is 3. The van der Waals surface area contributed by atoms with Gasteiger partial charge in [-0.3, -0.25) is 9.69 Å². The van der Waals surface area contributed by atoms with Crippen LogP contribution in [0, 0.1) is 5.92 Å². The van der Waals surface area contributed by atoms with Gasteiger partial charge in [0.1, 0.15) is 6.10 Å². The molecule has 1 saturated carbocycles. The van der Waals surface area contributed by atoms with Gasteiger partial charge in [-0.05, 0) is 56.6 Å². The minimum atomic E-state index is -4.39. The number of likely N-dealkylation sites (N-methyl/N-ethyl adjacent to an activating group) is 1. The Kier molecular flexibility index (Phi) is 10.4. The summed E-state index contributed by atoms with van der Waals surface area (Å²) in [7, 11) is 1.86. The fraction of sp³-hybridized carbons (Fsp3) is 0.548. The van der Waals surface area contributed by atoms with Crippen molar-refractivity contribution in [3.05, 3.63) is 59.2 Å². The van der Waals surface area contributed by atoms with Crippen molar-refractivity contribution >= 4 is 17.6 Å². The van der Waals surface area contributed by atoms with E-state index in [1.165, 1.54) is 12.1 Å². The van der Waals surface area contributed by atoms with Gasteiger partial charge in [-0.1, -0.05) is 44.4 Å². The summed E-state index contributed by atoms with van der Waals surface area (Å²) >= 11 is 0. The van der Waals surface area contributed by atoms with Gasteiger partial charge in [0, 0.05) is 31.6 Å². The summed E-state index contributed by atoms with van der Waals surface area (Å²) in [4.78, 5) is 30.2. The van der Waals surface area contributed by atoms with Gasteiger partial charge in [-0.15, -0.1) is 0 Å². The van der Waals surface area contributed by atoms with Crippen LogP contribution in [0.25, 0.3) is 0 Å². The number of halogens is 3. The minimum Gasteiger partial charge on any atom is -0.486 e. The molecular weight excluding hydrogens is 549 g/mol. The molecule has 11 heteroatoms. The van der Waals surface area contributed by atoms with Crippen LogP contribution in [0.1, 0.15) is 67.4 Å². The lowest BCUT2D eigenvalue weighted by Crippen LogP contribution is -2.50. The van der Waals surface area contributed by atoms with Crippen LogP contribution in [0.3, 0.4) is 0 Å². The molecule has 3 N–H and O–H groups in total. The Morgan fingerprint density at radius 1 is 1.14 bits per heavy atom. The zero-order valence-corrected chi connectivity index (χ0v) is 24.4. The molecule has 2 aliphatic rings. The summed E-state index contributed by atoms with van der Waals surface area (Å²) in [6, 6.07) is 9.41. The molecule has 230 valence electrons. The minimum absolute atomic E-state index is 0.0966. The normalized spacial score (nSPS) is 20.8. The standard InChI is InChI=1S/C31H41F3N4O4/c1-20-16-38(21(2)19-39)29(40)25-10-7-11-26(36-30(41)35-24-8-5-4-6-9-24)28(25)42-27(20)18-37(3)17-22-12-14-23(15-13-22)31(32,33)34/h7,10-15,20-21,24,27,39H,4-6,8-9,16-19H2,1-3H3,(H2,35,36,41)/t20-,21-,27+/m0/s1. The molecule has 8 nitrogen and oxygen atoms in total. The van der Waals surface area contributed by atoms with Gasteiger partial charge in [0.25, 0.3) is 5.91 Å². The third-order valence-electron chi connectivity index (χ3n) is 8.11. The van der Waals surface area contributed by atoms with Crippen molar-refractivity contribution in [3.8, 4) is 5.75 Å². The van der Waals surface area contributed by atoms with Gasteiger partial charge in [-0.25, -0.2) is 4.79 Å². The molecule has 1 fully saturated rings.